The van der Waals surface area contributed by atoms with Gasteiger partial charge in [0.1, 0.15) is 48.8 Å². The van der Waals surface area contributed by atoms with Crippen LogP contribution in [0.3, 0.4) is 0 Å². The quantitative estimate of drug-likeness (QED) is 0.103. The largest absolute Gasteiger partial charge is 0.469 e. The first-order valence-corrected chi connectivity index (χ1v) is 12.4. The Morgan fingerprint density at radius 1 is 0.722 bits per heavy atom. The molecule has 2 heterocycles. The number of methoxy groups -OCH3 is 2. The molecule has 0 amide bonds. The van der Waals surface area contributed by atoms with Gasteiger partial charge in [-0.05, 0) is 12.8 Å². The maximum Gasteiger partial charge on any atom is 0.305 e. The highest BCUT2D eigenvalue weighted by Gasteiger charge is 2.51. The summed E-state index contributed by atoms with van der Waals surface area (Å²) in [5.74, 6) is -0.211. The summed E-state index contributed by atoms with van der Waals surface area (Å²) < 4.78 is 32.8. The van der Waals surface area contributed by atoms with Gasteiger partial charge < -0.3 is 59.1 Å². The number of unbranched alkanes of at least 4 members (excludes halogenated alkanes) is 5. The van der Waals surface area contributed by atoms with E-state index in [0.717, 1.165) is 32.1 Å². The third-order valence-electron chi connectivity index (χ3n) is 6.50. The van der Waals surface area contributed by atoms with E-state index in [2.05, 4.69) is 4.74 Å². The van der Waals surface area contributed by atoms with E-state index >= 15 is 0 Å². The summed E-state index contributed by atoms with van der Waals surface area (Å²) in [5.41, 5.74) is 0. The number of carbonyl (C=O) groups excluding carboxylic acids is 1. The molecular weight excluding hydrogens is 484 g/mol. The lowest BCUT2D eigenvalue weighted by Crippen LogP contribution is -2.65. The lowest BCUT2D eigenvalue weighted by atomic mass is 9.97. The van der Waals surface area contributed by atoms with Gasteiger partial charge in [0.2, 0.25) is 0 Å². The molecule has 2 saturated heterocycles. The van der Waals surface area contributed by atoms with Gasteiger partial charge in [0.05, 0.1) is 20.3 Å². The molecule has 212 valence electrons. The highest BCUT2D eigenvalue weighted by molar-refractivity contribution is 5.68. The molecule has 0 aromatic heterocycles. The Kier molecular flexibility index (Phi) is 14.0. The van der Waals surface area contributed by atoms with Crippen LogP contribution < -0.4 is 0 Å². The van der Waals surface area contributed by atoms with E-state index in [9.17, 15) is 35.4 Å². The van der Waals surface area contributed by atoms with Gasteiger partial charge in [0.25, 0.3) is 0 Å². The van der Waals surface area contributed by atoms with Crippen LogP contribution in [-0.2, 0) is 33.2 Å². The van der Waals surface area contributed by atoms with Crippen LogP contribution in [0.15, 0.2) is 0 Å². The Balaban J connectivity index is 1.92. The lowest BCUT2D eigenvalue weighted by Gasteiger charge is -2.46. The van der Waals surface area contributed by atoms with Crippen LogP contribution in [0.4, 0.5) is 0 Å². The van der Waals surface area contributed by atoms with Gasteiger partial charge in [0, 0.05) is 20.1 Å². The maximum atomic E-state index is 11.1. The lowest BCUT2D eigenvalue weighted by molar-refractivity contribution is -0.369. The highest BCUT2D eigenvalue weighted by Crippen LogP contribution is 2.31. The molecule has 2 fully saturated rings. The monoisotopic (exact) mass is 526 g/mol. The maximum absolute atomic E-state index is 11.1. The number of esters is 1. The van der Waals surface area contributed by atoms with Crippen molar-refractivity contribution in [3.63, 3.8) is 0 Å². The van der Waals surface area contributed by atoms with Crippen molar-refractivity contribution in [3.05, 3.63) is 0 Å². The first kappa shape index (κ1) is 31.2. The topological polar surface area (TPSA) is 194 Å². The number of aliphatic hydroxyl groups is 6. The third kappa shape index (κ3) is 8.53. The fourth-order valence-corrected chi connectivity index (χ4v) is 4.31. The van der Waals surface area contributed by atoms with Gasteiger partial charge in [-0.2, -0.15) is 0 Å². The van der Waals surface area contributed by atoms with E-state index in [1.807, 2.05) is 0 Å². The van der Waals surface area contributed by atoms with Gasteiger partial charge >= 0.3 is 5.97 Å². The minimum Gasteiger partial charge on any atom is -0.469 e. The third-order valence-corrected chi connectivity index (χ3v) is 6.50. The van der Waals surface area contributed by atoms with Crippen LogP contribution >= 0.6 is 0 Å². The average molecular weight is 527 g/mol. The summed E-state index contributed by atoms with van der Waals surface area (Å²) >= 11 is 0. The molecule has 13 nitrogen and oxygen atoms in total. The first-order valence-electron chi connectivity index (χ1n) is 12.4. The molecule has 0 aliphatic carbocycles. The molecule has 13 heteroatoms. The molecule has 36 heavy (non-hydrogen) atoms. The SMILES string of the molecule is COC(=O)CCCCCCCCO[C@H]1O[C@H](CO)[C@@H](O)[C@H](OC)[C@H]1O[C@@H]1O[C@H](CO)[C@@H](O)[C@H](O)[C@H]1O. The van der Waals surface area contributed by atoms with Crippen LogP contribution in [0.5, 0.6) is 0 Å². The molecule has 0 saturated carbocycles. The number of carbonyl (C=O) groups is 1. The van der Waals surface area contributed by atoms with E-state index in [1.165, 1.54) is 14.2 Å². The van der Waals surface area contributed by atoms with E-state index in [1.54, 1.807) is 0 Å². The van der Waals surface area contributed by atoms with Gasteiger partial charge in [-0.3, -0.25) is 4.79 Å². The second-order valence-electron chi connectivity index (χ2n) is 9.03. The molecule has 0 bridgehead atoms. The van der Waals surface area contributed by atoms with Gasteiger partial charge in [0.15, 0.2) is 12.6 Å². The Labute approximate surface area is 210 Å². The molecule has 0 unspecified atom stereocenters. The van der Waals surface area contributed by atoms with Crippen LogP contribution in [0.25, 0.3) is 0 Å². The average Bonchev–Trinajstić information content (AvgIpc) is 2.88. The molecule has 10 atom stereocenters. The molecule has 2 rings (SSSR count). The van der Waals surface area contributed by atoms with Crippen LogP contribution in [-0.4, -0.2) is 132 Å². The van der Waals surface area contributed by atoms with Crippen LogP contribution in [0.2, 0.25) is 0 Å². The fraction of sp³-hybridized carbons (Fsp3) is 0.957. The molecule has 0 spiro atoms. The van der Waals surface area contributed by atoms with Crippen LogP contribution in [0.1, 0.15) is 44.9 Å². The van der Waals surface area contributed by atoms with Crippen molar-refractivity contribution in [3.8, 4) is 0 Å². The summed E-state index contributed by atoms with van der Waals surface area (Å²) in [7, 11) is 2.70. The molecule has 0 aromatic carbocycles. The van der Waals surface area contributed by atoms with Gasteiger partial charge in [-0.1, -0.05) is 25.7 Å². The summed E-state index contributed by atoms with van der Waals surface area (Å²) in [5, 5.41) is 60.0. The highest BCUT2D eigenvalue weighted by atomic mass is 16.8. The molecule has 0 aromatic rings. The van der Waals surface area contributed by atoms with Crippen molar-refractivity contribution in [2.75, 3.05) is 34.0 Å². The second-order valence-corrected chi connectivity index (χ2v) is 9.03. The summed E-state index contributed by atoms with van der Waals surface area (Å²) in [6.45, 7) is -0.858. The second kappa shape index (κ2) is 16.1. The van der Waals surface area contributed by atoms with E-state index in [0.29, 0.717) is 12.8 Å². The Morgan fingerprint density at radius 2 is 1.31 bits per heavy atom. The zero-order valence-corrected chi connectivity index (χ0v) is 20.9. The normalized spacial score (nSPS) is 37.1. The predicted octanol–water partition coefficient (Wildman–Crippen LogP) is -1.82. The summed E-state index contributed by atoms with van der Waals surface area (Å²) in [6, 6.07) is 0. The number of hydrogen-bond donors (Lipinski definition) is 6. The zero-order valence-electron chi connectivity index (χ0n) is 20.9. The van der Waals surface area contributed by atoms with Crippen molar-refractivity contribution >= 4 is 5.97 Å². The Hall–Kier alpha value is -0.970. The van der Waals surface area contributed by atoms with Crippen molar-refractivity contribution in [2.45, 2.75) is 106 Å². The van der Waals surface area contributed by atoms with E-state index in [-0.39, 0.29) is 12.6 Å². The van der Waals surface area contributed by atoms with Gasteiger partial charge in [-0.15, -0.1) is 0 Å². The zero-order chi connectivity index (χ0) is 26.7. The molecule has 2 aliphatic rings. The predicted molar refractivity (Wildman–Crippen MR) is 121 cm³/mol. The minimum atomic E-state index is -1.66. The molecule has 0 radical (unpaired) electrons. The number of aliphatic hydroxyl groups excluding tert-OH is 6. The first-order chi connectivity index (χ1) is 17.3. The molecular formula is C23H42O13. The number of hydrogen-bond acceptors (Lipinski definition) is 13. The summed E-state index contributed by atoms with van der Waals surface area (Å²) in [4.78, 5) is 11.1. The van der Waals surface area contributed by atoms with Crippen molar-refractivity contribution in [1.82, 2.24) is 0 Å². The van der Waals surface area contributed by atoms with Crippen molar-refractivity contribution < 1.29 is 63.9 Å². The van der Waals surface area contributed by atoms with Gasteiger partial charge in [-0.25, -0.2) is 0 Å². The smallest absolute Gasteiger partial charge is 0.305 e. The summed E-state index contributed by atoms with van der Waals surface area (Å²) in [6.07, 6.45) is -7.54. The van der Waals surface area contributed by atoms with Crippen molar-refractivity contribution in [1.29, 1.82) is 0 Å². The Bertz CT molecular complexity index is 621. The number of rotatable bonds is 15. The van der Waals surface area contributed by atoms with Crippen molar-refractivity contribution in [2.24, 2.45) is 0 Å². The van der Waals surface area contributed by atoms with Crippen LogP contribution in [0, 0.1) is 0 Å². The van der Waals surface area contributed by atoms with E-state index in [4.69, 9.17) is 23.7 Å². The fourth-order valence-electron chi connectivity index (χ4n) is 4.31. The molecule has 6 N–H and O–H groups in total. The minimum absolute atomic E-state index is 0.211. The number of ether oxygens (including phenoxy) is 6. The standard InChI is InChI=1S/C23H42O13/c1-31-15(26)9-7-5-3-4-6-8-10-33-23-21(20(32-2)17(28)14(12-25)35-23)36-22-19(30)18(29)16(27)13(11-24)34-22/h13-14,16-25,27-30H,3-12H2,1-2H3/t13-,14-,16-,17-,18+,19-,20+,21-,22+,23+/m1/s1. The molecule has 2 aliphatic heterocycles. The Morgan fingerprint density at radius 3 is 1.92 bits per heavy atom. The van der Waals surface area contributed by atoms with E-state index < -0.39 is 74.6 Å².